The number of imidazole rings is 3. The third-order valence-electron chi connectivity index (χ3n) is 27.6. The molecule has 30 rings (SSSR count). The molecule has 0 saturated heterocycles. The molecule has 1 aliphatic rings. The molecular weight excluding hydrogens is 1770 g/mol. The molecule has 16 aromatic carbocycles. The Morgan fingerprint density at radius 3 is 1.00 bits per heavy atom. The van der Waals surface area contributed by atoms with E-state index >= 15 is 0 Å². The van der Waals surface area contributed by atoms with Gasteiger partial charge in [0.05, 0.1) is 64.3 Å². The van der Waals surface area contributed by atoms with E-state index in [1.54, 1.807) is 40.2 Å². The molecule has 1 aliphatic carbocycles. The van der Waals surface area contributed by atoms with Crippen molar-refractivity contribution < 1.29 is 17.6 Å². The quantitative estimate of drug-likeness (QED) is 0.128. The maximum Gasteiger partial charge on any atom is 0.223 e. The number of benzene rings is 16. The Morgan fingerprint density at radius 2 is 0.590 bits per heavy atom. The summed E-state index contributed by atoms with van der Waals surface area (Å²) >= 11 is 5.12. The first-order chi connectivity index (χ1) is 68.5. The first-order valence-electron chi connectivity index (χ1n) is 46.0. The molecule has 0 spiro atoms. The highest BCUT2D eigenvalue weighted by atomic mass is 32.1. The van der Waals surface area contributed by atoms with Crippen molar-refractivity contribution >= 4 is 189 Å². The molecular formula is C121H71F2N11O2S3. The number of thiazole rings is 3. The first-order valence-corrected chi connectivity index (χ1v) is 48.5. The number of fused-ring (bicyclic) bond motifs is 30. The van der Waals surface area contributed by atoms with Crippen LogP contribution in [0.3, 0.4) is 0 Å². The number of furan rings is 2. The van der Waals surface area contributed by atoms with E-state index in [4.69, 9.17) is 38.7 Å². The molecule has 0 saturated carbocycles. The van der Waals surface area contributed by atoms with Gasteiger partial charge in [0.2, 0.25) is 11.9 Å². The number of nitrogens with zero attached hydrogens (tertiary/aromatic N) is 11. The van der Waals surface area contributed by atoms with Crippen LogP contribution in [0.4, 0.5) is 8.78 Å². The van der Waals surface area contributed by atoms with Crippen LogP contribution in [0.15, 0.2) is 403 Å². The standard InChI is InChI=1S/C42H26F2N4S.C40H23N3OS.C39H22N4OS/c1-42(2)31-21-25(15-17-28(31)29-18-16-26(22-32(29)42)27-19-20-36(43)46-40(27)44)23-11-13-24(14-12-23)37-39-38(30-7-3-4-8-33(30)45-37)47-41-48(39)34-9-5-6-10-35(34)49-41;1-2-10-24(11-3-1)27-13-8-15-29-30-16-9-14-28(39(30)44-38(27)29)25-20-22-26(23-21-25)35-37-36(31-12-4-5-17-32(31)41-35)42-40-43(37)33-18-6-7-19-34(33)45-40;1-2-14-31-30(9-1)35-36(43-32-15-3-4-16-33(32)45-39(43)42-35)34(41-31)24-19-17-23(18-20-24)26-10-5-12-28-29-13-6-11-27(38(29)44-37(26)28)25-8-7-21-40-22-25/h3-22H,1-2H3;1-23H;1-22H. The van der Waals surface area contributed by atoms with Gasteiger partial charge in [-0.3, -0.25) is 18.2 Å². The minimum atomic E-state index is -0.826. The lowest BCUT2D eigenvalue weighted by Crippen LogP contribution is -2.15. The van der Waals surface area contributed by atoms with Crippen molar-refractivity contribution in [1.82, 2.24) is 53.1 Å². The number of hydrogen-bond acceptors (Lipinski definition) is 13. The van der Waals surface area contributed by atoms with Gasteiger partial charge in [0, 0.05) is 106 Å². The van der Waals surface area contributed by atoms with Gasteiger partial charge >= 0.3 is 0 Å². The Morgan fingerprint density at radius 1 is 0.259 bits per heavy atom. The van der Waals surface area contributed by atoms with E-state index in [9.17, 15) is 8.78 Å². The Bertz CT molecular complexity index is 9780. The van der Waals surface area contributed by atoms with E-state index in [0.717, 1.165) is 242 Å². The minimum Gasteiger partial charge on any atom is -0.455 e. The Kier molecular flexibility index (Phi) is 18.1. The molecule has 0 unspecified atom stereocenters. The van der Waals surface area contributed by atoms with Gasteiger partial charge in [0.1, 0.15) is 55.4 Å². The second-order valence-electron chi connectivity index (χ2n) is 35.8. The van der Waals surface area contributed by atoms with Crippen LogP contribution in [-0.4, -0.2) is 53.1 Å². The summed E-state index contributed by atoms with van der Waals surface area (Å²) in [5, 5.41) is 7.62. The number of halogens is 2. The monoisotopic (exact) mass is 1840 g/mol. The van der Waals surface area contributed by atoms with E-state index in [1.807, 2.05) is 60.8 Å². The van der Waals surface area contributed by atoms with Crippen LogP contribution in [0.25, 0.3) is 267 Å². The lowest BCUT2D eigenvalue weighted by atomic mass is 9.81. The normalized spacial score (nSPS) is 12.5. The molecule has 13 heterocycles. The molecule has 18 heteroatoms. The number of para-hydroxylation sites is 10. The summed E-state index contributed by atoms with van der Waals surface area (Å²) in [6, 6.07) is 131. The molecule has 0 N–H and O–H groups in total. The third-order valence-corrected chi connectivity index (χ3v) is 30.7. The van der Waals surface area contributed by atoms with Crippen molar-refractivity contribution in [3.8, 4) is 112 Å². The van der Waals surface area contributed by atoms with Crippen LogP contribution in [0.2, 0.25) is 0 Å². The molecule has 139 heavy (non-hydrogen) atoms. The minimum absolute atomic E-state index is 0.291. The molecule has 0 bridgehead atoms. The molecule has 0 atom stereocenters. The fourth-order valence-electron chi connectivity index (χ4n) is 21.0. The summed E-state index contributed by atoms with van der Waals surface area (Å²) < 4.78 is 51.9. The van der Waals surface area contributed by atoms with E-state index in [1.165, 1.54) is 37.4 Å². The van der Waals surface area contributed by atoms with Crippen molar-refractivity contribution in [1.29, 1.82) is 0 Å². The summed E-state index contributed by atoms with van der Waals surface area (Å²) in [4.78, 5) is 41.7. The summed E-state index contributed by atoms with van der Waals surface area (Å²) in [6.45, 7) is 4.40. The summed E-state index contributed by atoms with van der Waals surface area (Å²) in [5.41, 5.74) is 37.9. The van der Waals surface area contributed by atoms with Gasteiger partial charge in [-0.05, 0) is 141 Å². The second-order valence-corrected chi connectivity index (χ2v) is 38.8. The molecule has 0 aliphatic heterocycles. The third kappa shape index (κ3) is 12.7. The second kappa shape index (κ2) is 31.3. The van der Waals surface area contributed by atoms with Gasteiger partial charge in [-0.1, -0.05) is 345 Å². The van der Waals surface area contributed by atoms with Crippen LogP contribution >= 0.6 is 34.0 Å². The van der Waals surface area contributed by atoms with Crippen molar-refractivity contribution in [3.63, 3.8) is 0 Å². The van der Waals surface area contributed by atoms with Gasteiger partial charge in [-0.15, -0.1) is 0 Å². The van der Waals surface area contributed by atoms with E-state index in [0.29, 0.717) is 11.1 Å². The Labute approximate surface area is 802 Å². The molecule has 0 fully saturated rings. The Hall–Kier alpha value is -17.4. The van der Waals surface area contributed by atoms with E-state index in [2.05, 4.69) is 352 Å². The zero-order valence-electron chi connectivity index (χ0n) is 74.2. The van der Waals surface area contributed by atoms with Crippen molar-refractivity contribution in [2.75, 3.05) is 0 Å². The van der Waals surface area contributed by atoms with Gasteiger partial charge in [-0.25, -0.2) is 29.9 Å². The number of hydrogen-bond donors (Lipinski definition) is 0. The van der Waals surface area contributed by atoms with Gasteiger partial charge < -0.3 is 8.83 Å². The lowest BCUT2D eigenvalue weighted by Gasteiger charge is -2.22. The molecule has 29 aromatic rings. The SMILES string of the molecule is CC1(C)c2cc(-c3ccc(-c4nc5ccccc5c5nc6sc7ccccc7n6c45)cc3)ccc2-c2ccc(-c3ccc(F)nc3F)cc21.c1ccc(-c2cccc3c2oc2c(-c4ccc(-c5nc6ccccc6c6nc7sc8ccccc8n7c56)cc4)cccc23)cc1.c1cncc(-c2cccc3c2oc2c(-c4ccc(-c5nc6ccccc6c6nc7sc8ccccc8n7c56)cc4)cccc23)c1. The molecule has 654 valence electrons. The summed E-state index contributed by atoms with van der Waals surface area (Å²) in [7, 11) is 0. The Balaban J connectivity index is 0.000000103. The lowest BCUT2D eigenvalue weighted by molar-refractivity contribution is 0.515. The number of pyridine rings is 5. The average molecular weight is 1850 g/mol. The van der Waals surface area contributed by atoms with E-state index < -0.39 is 11.9 Å². The van der Waals surface area contributed by atoms with Crippen LogP contribution in [0.1, 0.15) is 25.0 Å². The maximum atomic E-state index is 14.6. The summed E-state index contributed by atoms with van der Waals surface area (Å²) in [6.07, 6.45) is 3.67. The average Bonchev–Trinajstić information content (AvgIpc) is 1.59. The fraction of sp³-hybridized carbons (Fsp3) is 0.0248. The van der Waals surface area contributed by atoms with Gasteiger partial charge in [0.25, 0.3) is 0 Å². The molecule has 13 aromatic heterocycles. The predicted octanol–water partition coefficient (Wildman–Crippen LogP) is 32.9. The van der Waals surface area contributed by atoms with Crippen LogP contribution in [0, 0.1) is 11.9 Å². The smallest absolute Gasteiger partial charge is 0.223 e. The van der Waals surface area contributed by atoms with E-state index in [-0.39, 0.29) is 5.41 Å². The van der Waals surface area contributed by atoms with Crippen LogP contribution in [-0.2, 0) is 5.41 Å². The van der Waals surface area contributed by atoms with Crippen molar-refractivity contribution in [2.24, 2.45) is 0 Å². The molecule has 13 nitrogen and oxygen atoms in total. The van der Waals surface area contributed by atoms with Crippen molar-refractivity contribution in [3.05, 3.63) is 418 Å². The summed E-state index contributed by atoms with van der Waals surface area (Å²) in [5.74, 6) is -1.63. The largest absolute Gasteiger partial charge is 0.455 e. The highest BCUT2D eigenvalue weighted by molar-refractivity contribution is 7.24. The zero-order valence-corrected chi connectivity index (χ0v) is 76.7. The highest BCUT2D eigenvalue weighted by Gasteiger charge is 2.37. The fourth-order valence-corrected chi connectivity index (χ4v) is 24.1. The van der Waals surface area contributed by atoms with Crippen LogP contribution < -0.4 is 0 Å². The van der Waals surface area contributed by atoms with Gasteiger partial charge in [-0.2, -0.15) is 13.8 Å². The first kappa shape index (κ1) is 80.1. The predicted molar refractivity (Wildman–Crippen MR) is 567 cm³/mol. The topological polar surface area (TPSA) is 143 Å². The maximum absolute atomic E-state index is 14.6. The molecule has 0 radical (unpaired) electrons. The van der Waals surface area contributed by atoms with Gasteiger partial charge in [0.15, 0.2) is 14.9 Å². The zero-order chi connectivity index (χ0) is 92.0. The molecule has 0 amide bonds. The van der Waals surface area contributed by atoms with Crippen molar-refractivity contribution in [2.45, 2.75) is 19.3 Å². The highest BCUT2D eigenvalue weighted by Crippen LogP contribution is 2.53. The number of aromatic nitrogens is 11. The number of rotatable bonds is 9. The van der Waals surface area contributed by atoms with Crippen LogP contribution in [0.5, 0.6) is 0 Å².